The molecule has 146 valence electrons. The summed E-state index contributed by atoms with van der Waals surface area (Å²) < 4.78 is 23.8. The van der Waals surface area contributed by atoms with Crippen LogP contribution < -0.4 is 15.4 Å². The van der Waals surface area contributed by atoms with E-state index in [1.807, 2.05) is 18.2 Å². The molecule has 1 aliphatic carbocycles. The van der Waals surface area contributed by atoms with Crippen LogP contribution >= 0.6 is 11.6 Å². The van der Waals surface area contributed by atoms with Gasteiger partial charge in [-0.15, -0.1) is 0 Å². The van der Waals surface area contributed by atoms with Crippen molar-refractivity contribution < 1.29 is 8.42 Å². The zero-order valence-corrected chi connectivity index (χ0v) is 16.7. The van der Waals surface area contributed by atoms with E-state index in [0.29, 0.717) is 40.2 Å². The first-order valence-electron chi connectivity index (χ1n) is 8.77. The van der Waals surface area contributed by atoms with Gasteiger partial charge in [0, 0.05) is 17.8 Å². The lowest BCUT2D eigenvalue weighted by Gasteiger charge is -2.15. The molecule has 0 unspecified atom stereocenters. The summed E-state index contributed by atoms with van der Waals surface area (Å²) in [6.07, 6.45) is 2.16. The summed E-state index contributed by atoms with van der Waals surface area (Å²) in [5.74, 6) is 1.14. The molecular formula is C18H19ClN6O2S. The first kappa shape index (κ1) is 18.7. The number of fused-ring (bicyclic) bond motifs is 1. The van der Waals surface area contributed by atoms with E-state index in [4.69, 9.17) is 11.6 Å². The Bertz CT molecular complexity index is 1090. The average molecular weight is 419 g/mol. The third-order valence-electron chi connectivity index (χ3n) is 4.55. The number of rotatable bonds is 7. The molecule has 8 nitrogen and oxygen atoms in total. The van der Waals surface area contributed by atoms with Gasteiger partial charge in [-0.25, -0.2) is 18.4 Å². The third kappa shape index (κ3) is 4.42. The highest BCUT2D eigenvalue weighted by Gasteiger charge is 2.38. The minimum Gasteiger partial charge on any atom is -0.363 e. The Labute approximate surface area is 168 Å². The minimum atomic E-state index is -2.67. The fourth-order valence-corrected chi connectivity index (χ4v) is 3.25. The average Bonchev–Trinajstić information content (AvgIpc) is 3.38. The van der Waals surface area contributed by atoms with Gasteiger partial charge in [-0.05, 0) is 49.6 Å². The van der Waals surface area contributed by atoms with E-state index in [-0.39, 0.29) is 5.54 Å². The third-order valence-corrected chi connectivity index (χ3v) is 5.20. The number of pyridine rings is 1. The Morgan fingerprint density at radius 2 is 1.82 bits per heavy atom. The molecule has 2 heterocycles. The molecule has 3 N–H and O–H groups in total. The van der Waals surface area contributed by atoms with Crippen molar-refractivity contribution in [3.05, 3.63) is 47.1 Å². The molecule has 0 amide bonds. The molecule has 1 saturated carbocycles. The summed E-state index contributed by atoms with van der Waals surface area (Å²) >= 11 is 6.05. The molecule has 1 aliphatic rings. The highest BCUT2D eigenvalue weighted by Crippen LogP contribution is 2.39. The largest absolute Gasteiger partial charge is 0.363 e. The number of hydrogen-bond acceptors (Lipinski definition) is 7. The number of anilines is 3. The fourth-order valence-electron chi connectivity index (χ4n) is 2.74. The molecular weight excluding hydrogens is 400 g/mol. The second kappa shape index (κ2) is 7.40. The predicted octanol–water partition coefficient (Wildman–Crippen LogP) is 3.19. The Morgan fingerprint density at radius 3 is 2.50 bits per heavy atom. The van der Waals surface area contributed by atoms with E-state index in [2.05, 4.69) is 37.2 Å². The normalized spacial score (nSPS) is 14.8. The van der Waals surface area contributed by atoms with Gasteiger partial charge in [0.05, 0.1) is 5.52 Å². The highest BCUT2D eigenvalue weighted by atomic mass is 35.5. The molecule has 0 bridgehead atoms. The summed E-state index contributed by atoms with van der Waals surface area (Å²) in [5.41, 5.74) is 2.87. The molecule has 1 fully saturated rings. The summed E-state index contributed by atoms with van der Waals surface area (Å²) in [4.78, 5) is 13.5. The Morgan fingerprint density at radius 1 is 1.07 bits per heavy atom. The number of benzene rings is 1. The van der Waals surface area contributed by atoms with Crippen molar-refractivity contribution in [3.8, 4) is 0 Å². The van der Waals surface area contributed by atoms with Gasteiger partial charge in [0.2, 0.25) is 16.8 Å². The van der Waals surface area contributed by atoms with Gasteiger partial charge < -0.3 is 10.6 Å². The first-order valence-corrected chi connectivity index (χ1v) is 10.3. The van der Waals surface area contributed by atoms with E-state index in [0.717, 1.165) is 18.4 Å². The second-order valence-corrected chi connectivity index (χ2v) is 8.13. The van der Waals surface area contributed by atoms with Gasteiger partial charge in [-0.1, -0.05) is 23.7 Å². The maximum atomic E-state index is 10.7. The molecule has 0 saturated heterocycles. The number of thiol groups is 1. The van der Waals surface area contributed by atoms with Crippen LogP contribution in [0.3, 0.4) is 0 Å². The van der Waals surface area contributed by atoms with Gasteiger partial charge >= 0.3 is 0 Å². The molecule has 0 atom stereocenters. The lowest BCUT2D eigenvalue weighted by Crippen LogP contribution is -2.18. The second-order valence-electron chi connectivity index (χ2n) is 7.00. The molecule has 0 spiro atoms. The minimum absolute atomic E-state index is 0.0356. The van der Waals surface area contributed by atoms with E-state index in [1.165, 1.54) is 0 Å². The Balaban J connectivity index is 1.55. The summed E-state index contributed by atoms with van der Waals surface area (Å²) in [6, 6.07) is 10.6. The number of nitrogens with one attached hydrogen (secondary N) is 3. The zero-order valence-electron chi connectivity index (χ0n) is 15.1. The van der Waals surface area contributed by atoms with E-state index >= 15 is 0 Å². The number of nitrogens with zero attached hydrogens (tertiary/aromatic N) is 3. The van der Waals surface area contributed by atoms with Crippen LogP contribution in [0.1, 0.15) is 25.3 Å². The van der Waals surface area contributed by atoms with Crippen molar-refractivity contribution in [1.82, 2.24) is 15.0 Å². The summed E-state index contributed by atoms with van der Waals surface area (Å²) in [6.45, 7) is 2.64. The molecule has 2 aromatic heterocycles. The van der Waals surface area contributed by atoms with E-state index in [1.54, 1.807) is 18.2 Å². The zero-order chi connectivity index (χ0) is 19.7. The van der Waals surface area contributed by atoms with Gasteiger partial charge in [0.1, 0.15) is 10.7 Å². The Kier molecular flexibility index (Phi) is 4.94. The van der Waals surface area contributed by atoms with Crippen molar-refractivity contribution in [2.45, 2.75) is 31.8 Å². The van der Waals surface area contributed by atoms with Crippen LogP contribution in [0.15, 0.2) is 36.4 Å². The van der Waals surface area contributed by atoms with E-state index < -0.39 is 10.9 Å². The van der Waals surface area contributed by atoms with Crippen LogP contribution in [0, 0.1) is 0 Å². The predicted molar refractivity (Wildman–Crippen MR) is 111 cm³/mol. The Hall–Kier alpha value is -2.65. The van der Waals surface area contributed by atoms with Gasteiger partial charge in [-0.2, -0.15) is 4.98 Å². The summed E-state index contributed by atoms with van der Waals surface area (Å²) in [7, 11) is -2.67. The molecule has 28 heavy (non-hydrogen) atoms. The van der Waals surface area contributed by atoms with Gasteiger partial charge in [-0.3, -0.25) is 4.72 Å². The van der Waals surface area contributed by atoms with Crippen LogP contribution in [0.2, 0.25) is 5.15 Å². The van der Waals surface area contributed by atoms with Gasteiger partial charge in [0.25, 0.3) is 0 Å². The number of aromatic nitrogens is 3. The number of hydrogen-bond donors (Lipinski definition) is 4. The van der Waals surface area contributed by atoms with Gasteiger partial charge in [0.15, 0.2) is 5.82 Å². The lowest BCUT2D eigenvalue weighted by molar-refractivity contribution is 0.619. The fraction of sp³-hybridized carbons (Fsp3) is 0.278. The molecule has 3 aromatic rings. The topological polar surface area (TPSA) is 109 Å². The van der Waals surface area contributed by atoms with E-state index in [9.17, 15) is 8.42 Å². The maximum Gasteiger partial charge on any atom is 0.225 e. The van der Waals surface area contributed by atoms with Crippen molar-refractivity contribution in [1.29, 1.82) is 0 Å². The summed E-state index contributed by atoms with van der Waals surface area (Å²) in [5, 5.41) is 7.06. The lowest BCUT2D eigenvalue weighted by atomic mass is 10.2. The molecule has 0 aliphatic heterocycles. The van der Waals surface area contributed by atoms with Crippen molar-refractivity contribution >= 4 is 51.0 Å². The quantitative estimate of drug-likeness (QED) is 0.344. The SMILES string of the molecule is CC1(Nc2nc(NCc3ccc(N[SH](=O)=O)cc3)nc3ccc(Cl)nc23)CC1. The van der Waals surface area contributed by atoms with Crippen molar-refractivity contribution in [3.63, 3.8) is 0 Å². The van der Waals surface area contributed by atoms with Crippen LogP contribution in [0.25, 0.3) is 11.0 Å². The maximum absolute atomic E-state index is 10.7. The van der Waals surface area contributed by atoms with Crippen LogP contribution in [-0.2, 0) is 17.4 Å². The smallest absolute Gasteiger partial charge is 0.225 e. The van der Waals surface area contributed by atoms with Crippen LogP contribution in [0.5, 0.6) is 0 Å². The van der Waals surface area contributed by atoms with Crippen LogP contribution in [-0.4, -0.2) is 28.9 Å². The first-order chi connectivity index (χ1) is 13.4. The molecule has 4 rings (SSSR count). The number of halogens is 1. The van der Waals surface area contributed by atoms with Crippen molar-refractivity contribution in [2.24, 2.45) is 0 Å². The van der Waals surface area contributed by atoms with Crippen molar-refractivity contribution in [2.75, 3.05) is 15.4 Å². The highest BCUT2D eigenvalue weighted by molar-refractivity contribution is 7.73. The molecule has 1 aromatic carbocycles. The standard InChI is InChI=1S/C18H19ClN6O2S/c1-18(8-9-18)24-16-15-13(6-7-14(19)22-15)21-17(23-16)20-10-11-2-4-12(5-3-11)25-28(26)27/h2-7,28H,8-10H2,1H3,(H,25,26,27)(H2,20,21,23,24). The monoisotopic (exact) mass is 418 g/mol. The van der Waals surface area contributed by atoms with Crippen LogP contribution in [0.4, 0.5) is 17.5 Å². The molecule has 10 heteroatoms. The molecule has 0 radical (unpaired) electrons.